The molecule has 4 heterocycles. The first-order chi connectivity index (χ1) is 16.6. The van der Waals surface area contributed by atoms with Crippen molar-refractivity contribution in [2.45, 2.75) is 36.4 Å². The molecule has 10 heteroatoms. The predicted octanol–water partition coefficient (Wildman–Crippen LogP) is 2.89. The summed E-state index contributed by atoms with van der Waals surface area (Å²) in [6.45, 7) is 1.82. The van der Waals surface area contributed by atoms with Gasteiger partial charge in [0.2, 0.25) is 5.91 Å². The van der Waals surface area contributed by atoms with Crippen LogP contribution in [-0.2, 0) is 16.1 Å². The number of nitrogens with zero attached hydrogens (tertiary/aromatic N) is 3. The second kappa shape index (κ2) is 8.44. The van der Waals surface area contributed by atoms with E-state index >= 15 is 0 Å². The van der Waals surface area contributed by atoms with Gasteiger partial charge in [-0.1, -0.05) is 12.1 Å². The Morgan fingerprint density at radius 1 is 1.18 bits per heavy atom. The van der Waals surface area contributed by atoms with E-state index in [2.05, 4.69) is 15.6 Å². The van der Waals surface area contributed by atoms with Crippen molar-refractivity contribution in [1.29, 1.82) is 0 Å². The van der Waals surface area contributed by atoms with E-state index < -0.39 is 0 Å². The maximum atomic E-state index is 12.5. The molecule has 174 valence electrons. The zero-order chi connectivity index (χ0) is 23.2. The molecule has 2 N–H and O–H groups in total. The van der Waals surface area contributed by atoms with Gasteiger partial charge >= 0.3 is 6.09 Å². The molecule has 1 fully saturated rings. The number of hydrogen-bond acceptors (Lipinski definition) is 7. The van der Waals surface area contributed by atoms with Crippen molar-refractivity contribution < 1.29 is 14.3 Å². The van der Waals surface area contributed by atoms with Crippen LogP contribution in [0.1, 0.15) is 24.4 Å². The number of thioether (sulfide) groups is 1. The van der Waals surface area contributed by atoms with Crippen molar-refractivity contribution >= 4 is 46.2 Å². The van der Waals surface area contributed by atoms with Gasteiger partial charge in [-0.15, -0.1) is 11.8 Å². The van der Waals surface area contributed by atoms with E-state index in [9.17, 15) is 14.4 Å². The van der Waals surface area contributed by atoms with Crippen LogP contribution in [0.15, 0.2) is 52.3 Å². The third-order valence-corrected chi connectivity index (χ3v) is 7.59. The van der Waals surface area contributed by atoms with Crippen LogP contribution in [0.5, 0.6) is 0 Å². The van der Waals surface area contributed by atoms with Crippen LogP contribution in [0.25, 0.3) is 11.0 Å². The van der Waals surface area contributed by atoms with Gasteiger partial charge in [0.25, 0.3) is 5.56 Å². The number of nitrogens with one attached hydrogen (secondary N) is 2. The molecule has 34 heavy (non-hydrogen) atoms. The first-order valence-corrected chi connectivity index (χ1v) is 12.3. The Hall–Kier alpha value is -3.37. The zero-order valence-electron chi connectivity index (χ0n) is 18.3. The predicted molar refractivity (Wildman–Crippen MR) is 129 cm³/mol. The lowest BCUT2D eigenvalue weighted by Crippen LogP contribution is -2.27. The second-order valence-corrected chi connectivity index (χ2v) is 9.72. The molecular formula is C24H23N5O4S. The third-order valence-electron chi connectivity index (χ3n) is 6.51. The first kappa shape index (κ1) is 21.2. The normalized spacial score (nSPS) is 21.0. The Balaban J connectivity index is 1.05. The van der Waals surface area contributed by atoms with Gasteiger partial charge in [0.15, 0.2) is 0 Å². The maximum absolute atomic E-state index is 12.5. The fourth-order valence-electron chi connectivity index (χ4n) is 4.90. The Kier molecular flexibility index (Phi) is 5.26. The number of carbonyl (C=O) groups excluding carboxylic acids is 2. The lowest BCUT2D eigenvalue weighted by molar-refractivity contribution is -0.113. The molecule has 1 aromatic heterocycles. The Morgan fingerprint density at radius 2 is 2.09 bits per heavy atom. The van der Waals surface area contributed by atoms with Gasteiger partial charge in [-0.25, -0.2) is 9.78 Å². The molecule has 0 aliphatic carbocycles. The molecule has 6 rings (SSSR count). The summed E-state index contributed by atoms with van der Waals surface area (Å²) in [5, 5.41) is 6.41. The topological polar surface area (TPSA) is 106 Å². The minimum atomic E-state index is -0.363. The van der Waals surface area contributed by atoms with E-state index in [4.69, 9.17) is 4.74 Å². The zero-order valence-corrected chi connectivity index (χ0v) is 19.1. The number of cyclic esters (lactones) is 1. The molecule has 2 amide bonds. The molecule has 3 aliphatic heterocycles. The molecule has 1 saturated heterocycles. The minimum Gasteiger partial charge on any atom is -0.444 e. The van der Waals surface area contributed by atoms with Crippen LogP contribution in [0.4, 0.5) is 16.2 Å². The summed E-state index contributed by atoms with van der Waals surface area (Å²) in [5.74, 6) is 0.371. The summed E-state index contributed by atoms with van der Waals surface area (Å²) in [5.41, 5.74) is 4.22. The van der Waals surface area contributed by atoms with Crippen molar-refractivity contribution in [3.63, 3.8) is 0 Å². The van der Waals surface area contributed by atoms with Gasteiger partial charge in [-0.2, -0.15) is 0 Å². The van der Waals surface area contributed by atoms with E-state index in [1.165, 1.54) is 18.0 Å². The summed E-state index contributed by atoms with van der Waals surface area (Å²) in [7, 11) is 0. The molecule has 0 saturated carbocycles. The molecule has 0 spiro atoms. The van der Waals surface area contributed by atoms with E-state index in [1.54, 1.807) is 9.47 Å². The fourth-order valence-corrected chi connectivity index (χ4v) is 5.69. The summed E-state index contributed by atoms with van der Waals surface area (Å²) < 4.78 is 7.37. The number of fused-ring (bicyclic) bond motifs is 1. The van der Waals surface area contributed by atoms with Gasteiger partial charge in [-0.05, 0) is 49.2 Å². The average Bonchev–Trinajstić information content (AvgIpc) is 3.40. The highest BCUT2D eigenvalue weighted by Crippen LogP contribution is 2.36. The number of carbonyl (C=O) groups is 2. The summed E-state index contributed by atoms with van der Waals surface area (Å²) in [4.78, 5) is 43.3. The Bertz CT molecular complexity index is 1370. The maximum Gasteiger partial charge on any atom is 0.414 e. The highest BCUT2D eigenvalue weighted by atomic mass is 32.2. The SMILES string of the molecule is O=C1CSc2ccc(N3C[C@@H](CCCNC4Cn5c(=O)cnc6cccc4c65)OC3=O)cc2N1. The van der Waals surface area contributed by atoms with Crippen LogP contribution in [-0.4, -0.2) is 46.5 Å². The van der Waals surface area contributed by atoms with E-state index in [1.807, 2.05) is 36.4 Å². The molecular weight excluding hydrogens is 454 g/mol. The van der Waals surface area contributed by atoms with E-state index in [0.717, 1.165) is 52.3 Å². The van der Waals surface area contributed by atoms with Crippen LogP contribution >= 0.6 is 11.8 Å². The number of anilines is 2. The second-order valence-electron chi connectivity index (χ2n) is 8.70. The number of benzene rings is 2. The third kappa shape index (κ3) is 3.72. The summed E-state index contributed by atoms with van der Waals surface area (Å²) in [6, 6.07) is 11.7. The van der Waals surface area contributed by atoms with Crippen LogP contribution < -0.4 is 21.1 Å². The van der Waals surface area contributed by atoms with Gasteiger partial charge in [0, 0.05) is 17.1 Å². The van der Waals surface area contributed by atoms with E-state index in [0.29, 0.717) is 18.8 Å². The molecule has 9 nitrogen and oxygen atoms in total. The van der Waals surface area contributed by atoms with Gasteiger partial charge in [0.05, 0.1) is 41.3 Å². The van der Waals surface area contributed by atoms with E-state index in [-0.39, 0.29) is 29.7 Å². The van der Waals surface area contributed by atoms with Gasteiger partial charge in [-0.3, -0.25) is 14.5 Å². The smallest absolute Gasteiger partial charge is 0.414 e. The molecule has 0 radical (unpaired) electrons. The van der Waals surface area contributed by atoms with Crippen molar-refractivity contribution in [3.05, 3.63) is 58.5 Å². The molecule has 3 aromatic rings. The quantitative estimate of drug-likeness (QED) is 0.526. The highest BCUT2D eigenvalue weighted by molar-refractivity contribution is 8.00. The molecule has 1 unspecified atom stereocenters. The monoisotopic (exact) mass is 477 g/mol. The number of hydrogen-bond donors (Lipinski definition) is 2. The average molecular weight is 478 g/mol. The van der Waals surface area contributed by atoms with Crippen molar-refractivity contribution in [2.75, 3.05) is 29.1 Å². The summed E-state index contributed by atoms with van der Waals surface area (Å²) >= 11 is 1.49. The lowest BCUT2D eigenvalue weighted by atomic mass is 10.1. The van der Waals surface area contributed by atoms with Crippen molar-refractivity contribution in [1.82, 2.24) is 14.9 Å². The number of aromatic nitrogens is 2. The number of ether oxygens (including phenoxy) is 1. The lowest BCUT2D eigenvalue weighted by Gasteiger charge is -2.20. The Labute approximate surface area is 199 Å². The molecule has 0 bridgehead atoms. The molecule has 2 aromatic carbocycles. The highest BCUT2D eigenvalue weighted by Gasteiger charge is 2.33. The first-order valence-electron chi connectivity index (χ1n) is 11.3. The summed E-state index contributed by atoms with van der Waals surface area (Å²) in [6.07, 6.45) is 2.39. The largest absolute Gasteiger partial charge is 0.444 e. The Morgan fingerprint density at radius 3 is 3.00 bits per heavy atom. The molecule has 3 aliphatic rings. The van der Waals surface area contributed by atoms with Crippen molar-refractivity contribution in [2.24, 2.45) is 0 Å². The minimum absolute atomic E-state index is 0.0354. The van der Waals surface area contributed by atoms with Crippen LogP contribution in [0.2, 0.25) is 0 Å². The fraction of sp³-hybridized carbons (Fsp3) is 0.333. The van der Waals surface area contributed by atoms with Crippen LogP contribution in [0, 0.1) is 0 Å². The van der Waals surface area contributed by atoms with Crippen molar-refractivity contribution in [3.8, 4) is 0 Å². The molecule has 2 atom stereocenters. The number of rotatable bonds is 6. The number of para-hydroxylation sites is 1. The van der Waals surface area contributed by atoms with Crippen LogP contribution in [0.3, 0.4) is 0 Å². The van der Waals surface area contributed by atoms with Gasteiger partial charge in [0.1, 0.15) is 6.10 Å². The van der Waals surface area contributed by atoms with Gasteiger partial charge < -0.3 is 19.9 Å². The standard InChI is InChI=1S/C24H23N5O4S/c30-21-13-34-20-7-6-14(9-18(20)27-21)28-11-15(33-24(28)32)3-2-8-25-19-12-29-22(31)10-26-17-5-1-4-16(19)23(17)29/h1,4-7,9-10,15,19,25H,2-3,8,11-13H2,(H,27,30)/t15-,19?/m1/s1. The number of amides is 2.